The summed E-state index contributed by atoms with van der Waals surface area (Å²) in [6.07, 6.45) is 3.41. The molecular weight excluding hydrogens is 318 g/mol. The Bertz CT molecular complexity index is 676. The lowest BCUT2D eigenvalue weighted by molar-refractivity contribution is -0.149. The van der Waals surface area contributed by atoms with Crippen molar-refractivity contribution in [2.75, 3.05) is 13.3 Å². The lowest BCUT2D eigenvalue weighted by atomic mass is 9.68. The largest absolute Gasteiger partial charge is 0.428 e. The van der Waals surface area contributed by atoms with Crippen LogP contribution in [0.3, 0.4) is 0 Å². The number of hydrogen-bond acceptors (Lipinski definition) is 4. The summed E-state index contributed by atoms with van der Waals surface area (Å²) >= 11 is 0. The lowest BCUT2D eigenvalue weighted by Crippen LogP contribution is -2.50. The number of esters is 1. The fourth-order valence-electron chi connectivity index (χ4n) is 5.45. The quantitative estimate of drug-likeness (QED) is 0.606. The first-order chi connectivity index (χ1) is 12.1. The Labute approximate surface area is 148 Å². The zero-order valence-electron chi connectivity index (χ0n) is 14.8. The Morgan fingerprint density at radius 1 is 1.20 bits per heavy atom. The summed E-state index contributed by atoms with van der Waals surface area (Å²) in [5, 5.41) is 0. The highest BCUT2D eigenvalue weighted by molar-refractivity contribution is 5.69. The molecule has 5 atom stereocenters. The van der Waals surface area contributed by atoms with Crippen LogP contribution in [-0.4, -0.2) is 36.3 Å². The first kappa shape index (κ1) is 16.4. The van der Waals surface area contributed by atoms with E-state index in [1.54, 1.807) is 0 Å². The second kappa shape index (κ2) is 6.04. The van der Waals surface area contributed by atoms with E-state index in [4.69, 9.17) is 9.47 Å². The van der Waals surface area contributed by atoms with Gasteiger partial charge in [0.2, 0.25) is 6.79 Å². The molecule has 4 rings (SSSR count). The van der Waals surface area contributed by atoms with Crippen molar-refractivity contribution < 1.29 is 19.1 Å². The second-order valence-corrected chi connectivity index (χ2v) is 7.57. The van der Waals surface area contributed by atoms with E-state index >= 15 is 0 Å². The predicted molar refractivity (Wildman–Crippen MR) is 91.7 cm³/mol. The summed E-state index contributed by atoms with van der Waals surface area (Å²) in [4.78, 5) is 25.4. The third-order valence-electron chi connectivity index (χ3n) is 6.62. The standard InChI is InChI=1S/C20H25NO4/c1-3-21(19(23)25-12-24-13(2)22)18-15-9-10-20(15)11-16(20)17(18)14-7-5-4-6-8-14/h4-8,15-18H,3,9-12H2,1-2H3. The van der Waals surface area contributed by atoms with E-state index in [1.165, 1.54) is 31.7 Å². The summed E-state index contributed by atoms with van der Waals surface area (Å²) in [6.45, 7) is 3.59. The first-order valence-corrected chi connectivity index (χ1v) is 9.20. The highest BCUT2D eigenvalue weighted by Gasteiger charge is 2.75. The van der Waals surface area contributed by atoms with Crippen LogP contribution in [-0.2, 0) is 14.3 Å². The average Bonchev–Trinajstić information content (AvgIpc) is 3.29. The van der Waals surface area contributed by atoms with Crippen molar-refractivity contribution >= 4 is 12.1 Å². The fourth-order valence-corrected chi connectivity index (χ4v) is 5.45. The zero-order valence-corrected chi connectivity index (χ0v) is 14.8. The zero-order chi connectivity index (χ0) is 17.6. The number of ether oxygens (including phenoxy) is 2. The molecule has 1 spiro atoms. The van der Waals surface area contributed by atoms with Crippen LogP contribution < -0.4 is 0 Å². The van der Waals surface area contributed by atoms with Crippen molar-refractivity contribution in [2.24, 2.45) is 17.3 Å². The van der Waals surface area contributed by atoms with Crippen molar-refractivity contribution in [3.63, 3.8) is 0 Å². The van der Waals surface area contributed by atoms with Gasteiger partial charge in [-0.15, -0.1) is 0 Å². The Balaban J connectivity index is 1.55. The minimum atomic E-state index is -0.446. The molecule has 5 nitrogen and oxygen atoms in total. The van der Waals surface area contributed by atoms with Crippen molar-refractivity contribution in [1.29, 1.82) is 0 Å². The van der Waals surface area contributed by atoms with Crippen LogP contribution in [0.2, 0.25) is 0 Å². The van der Waals surface area contributed by atoms with E-state index in [9.17, 15) is 9.59 Å². The highest BCUT2D eigenvalue weighted by Crippen LogP contribution is 2.80. The summed E-state index contributed by atoms with van der Waals surface area (Å²) < 4.78 is 9.97. The highest BCUT2D eigenvalue weighted by atomic mass is 16.7. The van der Waals surface area contributed by atoms with Crippen LogP contribution in [0.25, 0.3) is 0 Å². The molecular formula is C20H25NO4. The minimum Gasteiger partial charge on any atom is -0.428 e. The molecule has 0 bridgehead atoms. The molecule has 0 aliphatic heterocycles. The van der Waals surface area contributed by atoms with E-state index in [2.05, 4.69) is 24.3 Å². The van der Waals surface area contributed by atoms with Crippen LogP contribution in [0.15, 0.2) is 30.3 Å². The molecule has 0 aromatic heterocycles. The molecule has 3 fully saturated rings. The molecule has 5 heteroatoms. The minimum absolute atomic E-state index is 0.185. The maximum Gasteiger partial charge on any atom is 0.412 e. The van der Waals surface area contributed by atoms with Crippen LogP contribution >= 0.6 is 0 Å². The van der Waals surface area contributed by atoms with Gasteiger partial charge in [-0.05, 0) is 49.0 Å². The maximum atomic E-state index is 12.6. The van der Waals surface area contributed by atoms with Gasteiger partial charge in [0, 0.05) is 25.4 Å². The normalized spacial score (nSPS) is 34.3. The van der Waals surface area contributed by atoms with Gasteiger partial charge in [0.25, 0.3) is 0 Å². The number of likely N-dealkylation sites (N-methyl/N-ethyl adjacent to an activating group) is 1. The first-order valence-electron chi connectivity index (χ1n) is 9.20. The smallest absolute Gasteiger partial charge is 0.412 e. The third-order valence-corrected chi connectivity index (χ3v) is 6.62. The maximum absolute atomic E-state index is 12.6. The van der Waals surface area contributed by atoms with Crippen LogP contribution in [0.1, 0.15) is 44.6 Å². The fraction of sp³-hybridized carbons (Fsp3) is 0.600. The molecule has 0 saturated heterocycles. The van der Waals surface area contributed by atoms with E-state index in [0.29, 0.717) is 29.7 Å². The number of hydrogen-bond donors (Lipinski definition) is 0. The molecule has 3 aliphatic carbocycles. The van der Waals surface area contributed by atoms with Gasteiger partial charge in [-0.3, -0.25) is 4.79 Å². The van der Waals surface area contributed by atoms with E-state index in [-0.39, 0.29) is 18.9 Å². The number of benzene rings is 1. The summed E-state index contributed by atoms with van der Waals surface area (Å²) in [6, 6.07) is 10.8. The van der Waals surface area contributed by atoms with Crippen molar-refractivity contribution in [2.45, 2.75) is 45.1 Å². The summed E-state index contributed by atoms with van der Waals surface area (Å²) in [7, 11) is 0. The summed E-state index contributed by atoms with van der Waals surface area (Å²) in [5.74, 6) is 1.20. The van der Waals surface area contributed by atoms with Crippen LogP contribution in [0.5, 0.6) is 0 Å². The van der Waals surface area contributed by atoms with E-state index in [1.807, 2.05) is 17.9 Å². The number of carbonyl (C=O) groups excluding carboxylic acids is 2. The lowest BCUT2D eigenvalue weighted by Gasteiger charge is -2.44. The van der Waals surface area contributed by atoms with Gasteiger partial charge in [-0.1, -0.05) is 30.3 Å². The van der Waals surface area contributed by atoms with Crippen LogP contribution in [0.4, 0.5) is 4.79 Å². The molecule has 3 saturated carbocycles. The molecule has 0 N–H and O–H groups in total. The van der Waals surface area contributed by atoms with Gasteiger partial charge < -0.3 is 14.4 Å². The predicted octanol–water partition coefficient (Wildman–Crippen LogP) is 3.55. The van der Waals surface area contributed by atoms with Gasteiger partial charge in [0.1, 0.15) is 0 Å². The van der Waals surface area contributed by atoms with Gasteiger partial charge >= 0.3 is 12.1 Å². The molecule has 25 heavy (non-hydrogen) atoms. The SMILES string of the molecule is CCN(C(=O)OCOC(C)=O)C1C(c2ccccc2)C2CC23CCC13. The van der Waals surface area contributed by atoms with Crippen molar-refractivity contribution in [3.8, 4) is 0 Å². The Kier molecular flexibility index (Phi) is 3.97. The molecule has 134 valence electrons. The third kappa shape index (κ3) is 2.52. The molecule has 1 amide bonds. The second-order valence-electron chi connectivity index (χ2n) is 7.57. The molecule has 1 aromatic carbocycles. The Morgan fingerprint density at radius 3 is 2.56 bits per heavy atom. The van der Waals surface area contributed by atoms with Gasteiger partial charge in [-0.2, -0.15) is 0 Å². The van der Waals surface area contributed by atoms with E-state index < -0.39 is 5.97 Å². The van der Waals surface area contributed by atoms with Crippen molar-refractivity contribution in [3.05, 3.63) is 35.9 Å². The summed E-state index contributed by atoms with van der Waals surface area (Å²) in [5.41, 5.74) is 1.80. The van der Waals surface area contributed by atoms with E-state index in [0.717, 1.165) is 0 Å². The monoisotopic (exact) mass is 343 g/mol. The van der Waals surface area contributed by atoms with Gasteiger partial charge in [-0.25, -0.2) is 4.79 Å². The van der Waals surface area contributed by atoms with Crippen molar-refractivity contribution in [1.82, 2.24) is 4.90 Å². The molecule has 3 aliphatic rings. The Hall–Kier alpha value is -2.04. The van der Waals surface area contributed by atoms with Gasteiger partial charge in [0.05, 0.1) is 0 Å². The average molecular weight is 343 g/mol. The molecule has 0 radical (unpaired) electrons. The number of carbonyl (C=O) groups is 2. The number of amides is 1. The molecule has 1 aromatic rings. The van der Waals surface area contributed by atoms with Crippen LogP contribution in [0, 0.1) is 17.3 Å². The Morgan fingerprint density at radius 2 is 1.96 bits per heavy atom. The topological polar surface area (TPSA) is 55.8 Å². The molecule has 5 unspecified atom stereocenters. The number of rotatable bonds is 5. The van der Waals surface area contributed by atoms with Gasteiger partial charge in [0.15, 0.2) is 0 Å². The molecule has 0 heterocycles. The number of nitrogens with zero attached hydrogens (tertiary/aromatic N) is 1.